The maximum atomic E-state index is 12.4. The number of nitrogens with one attached hydrogen (secondary N) is 1. The van der Waals surface area contributed by atoms with Gasteiger partial charge in [-0.2, -0.15) is 4.91 Å². The van der Waals surface area contributed by atoms with Gasteiger partial charge in [-0.15, -0.1) is 0 Å². The highest BCUT2D eigenvalue weighted by molar-refractivity contribution is 6.22. The number of nitrogens with zero attached hydrogens (tertiary/aromatic N) is 3. The average Bonchev–Trinajstić information content (AvgIpc) is 3.30. The van der Waals surface area contributed by atoms with E-state index in [9.17, 15) is 9.59 Å². The molecule has 7 nitrogen and oxygen atoms in total. The predicted octanol–water partition coefficient (Wildman–Crippen LogP) is -0.488. The Hall–Kier alpha value is -2.18. The molecule has 0 bridgehead atoms. The molecule has 1 aliphatic carbocycles. The first-order valence-electron chi connectivity index (χ1n) is 6.26. The summed E-state index contributed by atoms with van der Waals surface area (Å²) in [4.78, 5) is 38.0. The number of ketones is 2. The minimum Gasteiger partial charge on any atom is -0.365 e. The molecule has 4 aliphatic rings. The standard InChI is InChI=1S/C12H13N3O2.HNO/c16-9-7-8(13-1-2-13)12(17)11(15-5-6-15)10(9)14-3-4-14;1-2/h7H,1-6H2;1H. The van der Waals surface area contributed by atoms with Crippen LogP contribution in [0.15, 0.2) is 23.2 Å². The van der Waals surface area contributed by atoms with Gasteiger partial charge in [-0.05, 0) is 0 Å². The highest BCUT2D eigenvalue weighted by Gasteiger charge is 2.43. The quantitative estimate of drug-likeness (QED) is 0.420. The maximum absolute atomic E-state index is 12.4. The normalized spacial score (nSPS) is 24.0. The van der Waals surface area contributed by atoms with Gasteiger partial charge in [0, 0.05) is 45.3 Å². The van der Waals surface area contributed by atoms with Gasteiger partial charge in [0.05, 0.1) is 5.70 Å². The lowest BCUT2D eigenvalue weighted by atomic mass is 10.0. The number of carbonyl (C=O) groups is 2. The van der Waals surface area contributed by atoms with E-state index in [1.165, 1.54) is 6.08 Å². The first-order chi connectivity index (χ1) is 9.25. The van der Waals surface area contributed by atoms with Crippen LogP contribution in [0.4, 0.5) is 0 Å². The first-order valence-corrected chi connectivity index (χ1v) is 6.26. The van der Waals surface area contributed by atoms with Crippen LogP contribution >= 0.6 is 0 Å². The summed E-state index contributed by atoms with van der Waals surface area (Å²) in [6.45, 7) is 5.41. The lowest BCUT2D eigenvalue weighted by molar-refractivity contribution is -0.117. The van der Waals surface area contributed by atoms with Crippen molar-refractivity contribution >= 4 is 11.6 Å². The van der Waals surface area contributed by atoms with Crippen molar-refractivity contribution in [3.8, 4) is 0 Å². The van der Waals surface area contributed by atoms with Gasteiger partial charge in [-0.3, -0.25) is 9.59 Å². The van der Waals surface area contributed by atoms with E-state index >= 15 is 0 Å². The average molecular weight is 262 g/mol. The third-order valence-corrected chi connectivity index (χ3v) is 3.49. The van der Waals surface area contributed by atoms with Crippen LogP contribution in [0.25, 0.3) is 0 Å². The van der Waals surface area contributed by atoms with Crippen molar-refractivity contribution < 1.29 is 9.59 Å². The lowest BCUT2D eigenvalue weighted by Crippen LogP contribution is -2.29. The molecule has 0 spiro atoms. The van der Waals surface area contributed by atoms with Gasteiger partial charge in [-0.25, -0.2) is 0 Å². The summed E-state index contributed by atoms with van der Waals surface area (Å²) < 4.78 is 0. The van der Waals surface area contributed by atoms with Gasteiger partial charge in [0.1, 0.15) is 11.4 Å². The molecule has 0 aromatic rings. The molecular weight excluding hydrogens is 248 g/mol. The van der Waals surface area contributed by atoms with Crippen LogP contribution in [0.5, 0.6) is 0 Å². The van der Waals surface area contributed by atoms with Crippen LogP contribution in [-0.4, -0.2) is 65.5 Å². The van der Waals surface area contributed by atoms with Crippen LogP contribution in [-0.2, 0) is 9.59 Å². The Balaban J connectivity index is 0.000000528. The van der Waals surface area contributed by atoms with Crippen LogP contribution in [0.3, 0.4) is 0 Å². The van der Waals surface area contributed by atoms with Gasteiger partial charge >= 0.3 is 0 Å². The van der Waals surface area contributed by atoms with Crippen LogP contribution < -0.4 is 0 Å². The van der Waals surface area contributed by atoms with E-state index in [-0.39, 0.29) is 11.6 Å². The van der Waals surface area contributed by atoms with Crippen molar-refractivity contribution in [1.82, 2.24) is 14.7 Å². The van der Waals surface area contributed by atoms with Crippen LogP contribution in [0, 0.1) is 10.5 Å². The van der Waals surface area contributed by atoms with Crippen LogP contribution in [0.2, 0.25) is 0 Å². The molecule has 0 amide bonds. The number of Topliss-reactive ketones (excluding diaryl/α,β-unsaturated/α-hetero) is 1. The molecule has 3 fully saturated rings. The molecule has 0 atom stereocenters. The second kappa shape index (κ2) is 4.18. The molecular formula is C12H14N4O3. The van der Waals surface area contributed by atoms with Crippen molar-refractivity contribution in [1.29, 1.82) is 5.59 Å². The minimum absolute atomic E-state index is 0.00546. The SMILES string of the molecule is N=O.O=C1C=C(N2CC2)C(=O)C(N2CC2)=C1N1CC1. The number of hydrogen-bond donors (Lipinski definition) is 1. The van der Waals surface area contributed by atoms with E-state index in [0.29, 0.717) is 17.1 Å². The molecule has 7 heteroatoms. The molecule has 3 aliphatic heterocycles. The molecule has 100 valence electrons. The Bertz CT molecular complexity index is 513. The first kappa shape index (κ1) is 11.9. The smallest absolute Gasteiger partial charge is 0.227 e. The third kappa shape index (κ3) is 2.00. The lowest BCUT2D eigenvalue weighted by Gasteiger charge is -2.21. The van der Waals surface area contributed by atoms with E-state index in [2.05, 4.69) is 5.59 Å². The van der Waals surface area contributed by atoms with E-state index < -0.39 is 0 Å². The Labute approximate surface area is 109 Å². The summed E-state index contributed by atoms with van der Waals surface area (Å²) in [5.74, 6) is 0.0485. The highest BCUT2D eigenvalue weighted by Crippen LogP contribution is 2.33. The zero-order valence-electron chi connectivity index (χ0n) is 10.4. The van der Waals surface area contributed by atoms with Gasteiger partial charge < -0.3 is 14.7 Å². The molecule has 19 heavy (non-hydrogen) atoms. The number of allylic oxidation sites excluding steroid dienone is 1. The number of nitroso groups, excluding NO2 is 1. The van der Waals surface area contributed by atoms with Crippen molar-refractivity contribution in [2.24, 2.45) is 0 Å². The molecule has 0 aromatic carbocycles. The fraction of sp³-hybridized carbons (Fsp3) is 0.500. The Morgan fingerprint density at radius 2 is 1.26 bits per heavy atom. The summed E-state index contributed by atoms with van der Waals surface area (Å²) in [5, 5.41) is 0. The number of hydrogen-bond acceptors (Lipinski definition) is 7. The van der Waals surface area contributed by atoms with Crippen molar-refractivity contribution in [3.05, 3.63) is 28.1 Å². The molecule has 3 heterocycles. The number of rotatable bonds is 3. The van der Waals surface area contributed by atoms with Crippen LogP contribution in [0.1, 0.15) is 0 Å². The third-order valence-electron chi connectivity index (χ3n) is 3.49. The summed E-state index contributed by atoms with van der Waals surface area (Å²) in [7, 11) is 0. The van der Waals surface area contributed by atoms with Crippen molar-refractivity contribution in [3.63, 3.8) is 0 Å². The van der Waals surface area contributed by atoms with Crippen molar-refractivity contribution in [2.45, 2.75) is 0 Å². The molecule has 0 saturated carbocycles. The van der Waals surface area contributed by atoms with Gasteiger partial charge in [0.15, 0.2) is 0 Å². The van der Waals surface area contributed by atoms with E-state index in [4.69, 9.17) is 4.91 Å². The molecule has 0 unspecified atom stereocenters. The van der Waals surface area contributed by atoms with Gasteiger partial charge in [-0.1, -0.05) is 5.59 Å². The van der Waals surface area contributed by atoms with E-state index in [0.717, 1.165) is 39.3 Å². The Morgan fingerprint density at radius 3 is 1.74 bits per heavy atom. The fourth-order valence-corrected chi connectivity index (χ4v) is 2.28. The topological polar surface area (TPSA) is 84.1 Å². The largest absolute Gasteiger partial charge is 0.365 e. The number of carbonyl (C=O) groups excluding carboxylic acids is 2. The van der Waals surface area contributed by atoms with Crippen molar-refractivity contribution in [2.75, 3.05) is 39.3 Å². The van der Waals surface area contributed by atoms with E-state index in [1.807, 2.05) is 14.7 Å². The monoisotopic (exact) mass is 262 g/mol. The molecule has 4 rings (SSSR count). The molecule has 1 N–H and O–H groups in total. The maximum Gasteiger partial charge on any atom is 0.227 e. The summed E-state index contributed by atoms with van der Waals surface area (Å²) in [6, 6.07) is 0. The highest BCUT2D eigenvalue weighted by atomic mass is 16.2. The second-order valence-corrected chi connectivity index (χ2v) is 4.88. The minimum atomic E-state index is 0.00546. The second-order valence-electron chi connectivity index (χ2n) is 4.88. The van der Waals surface area contributed by atoms with E-state index in [1.54, 1.807) is 0 Å². The van der Waals surface area contributed by atoms with Gasteiger partial charge in [0.2, 0.25) is 11.6 Å². The predicted molar refractivity (Wildman–Crippen MR) is 65.9 cm³/mol. The zero-order chi connectivity index (χ0) is 13.6. The van der Waals surface area contributed by atoms with Gasteiger partial charge in [0.25, 0.3) is 0 Å². The summed E-state index contributed by atoms with van der Waals surface area (Å²) >= 11 is 0. The summed E-state index contributed by atoms with van der Waals surface area (Å²) in [6.07, 6.45) is 1.52. The Morgan fingerprint density at radius 1 is 0.789 bits per heavy atom. The Kier molecular flexibility index (Phi) is 2.62. The molecule has 0 radical (unpaired) electrons. The molecule has 3 saturated heterocycles. The summed E-state index contributed by atoms with van der Waals surface area (Å²) in [5.41, 5.74) is 6.39. The fourth-order valence-electron chi connectivity index (χ4n) is 2.28. The zero-order valence-corrected chi connectivity index (χ0v) is 10.4. The molecule has 0 aromatic heterocycles.